The van der Waals surface area contributed by atoms with Gasteiger partial charge in [0.15, 0.2) is 0 Å². The molecule has 1 aliphatic carbocycles. The Balaban J connectivity index is 2.00. The van der Waals surface area contributed by atoms with Crippen LogP contribution < -0.4 is 5.73 Å². The Morgan fingerprint density at radius 2 is 2.18 bits per heavy atom. The molecule has 0 aliphatic heterocycles. The van der Waals surface area contributed by atoms with Crippen molar-refractivity contribution >= 4 is 11.8 Å². The van der Waals surface area contributed by atoms with E-state index in [2.05, 4.69) is 25.8 Å². The Morgan fingerprint density at radius 1 is 1.41 bits per heavy atom. The molecule has 2 N–H and O–H groups in total. The van der Waals surface area contributed by atoms with E-state index < -0.39 is 0 Å². The SMILES string of the molecule is CC(C)(C)C1CCC(N)C(Sc2ncco2)C1. The van der Waals surface area contributed by atoms with E-state index in [1.807, 2.05) is 0 Å². The fourth-order valence-corrected chi connectivity index (χ4v) is 3.60. The quantitative estimate of drug-likeness (QED) is 0.879. The van der Waals surface area contributed by atoms with Gasteiger partial charge in [0.1, 0.15) is 6.26 Å². The van der Waals surface area contributed by atoms with E-state index in [4.69, 9.17) is 10.2 Å². The molecule has 1 saturated carbocycles. The molecule has 0 aromatic carbocycles. The van der Waals surface area contributed by atoms with Gasteiger partial charge in [0.05, 0.1) is 6.20 Å². The first-order chi connectivity index (χ1) is 7.97. The minimum absolute atomic E-state index is 0.269. The lowest BCUT2D eigenvalue weighted by molar-refractivity contribution is 0.173. The van der Waals surface area contributed by atoms with Gasteiger partial charge in [-0.15, -0.1) is 0 Å². The number of hydrogen-bond acceptors (Lipinski definition) is 4. The molecule has 3 atom stereocenters. The lowest BCUT2D eigenvalue weighted by Crippen LogP contribution is -2.41. The van der Waals surface area contributed by atoms with Gasteiger partial charge in [0.25, 0.3) is 5.22 Å². The first-order valence-corrected chi connectivity index (χ1v) is 7.16. The molecule has 0 radical (unpaired) electrons. The molecule has 1 fully saturated rings. The van der Waals surface area contributed by atoms with E-state index in [0.717, 1.165) is 24.0 Å². The lowest BCUT2D eigenvalue weighted by Gasteiger charge is -2.39. The van der Waals surface area contributed by atoms with Gasteiger partial charge in [-0.3, -0.25) is 0 Å². The molecule has 3 unspecified atom stereocenters. The van der Waals surface area contributed by atoms with Gasteiger partial charge in [-0.1, -0.05) is 32.5 Å². The maximum atomic E-state index is 6.21. The molecule has 96 valence electrons. The van der Waals surface area contributed by atoms with Crippen molar-refractivity contribution in [3.8, 4) is 0 Å². The van der Waals surface area contributed by atoms with Crippen LogP contribution in [0.4, 0.5) is 0 Å². The van der Waals surface area contributed by atoms with E-state index >= 15 is 0 Å². The van der Waals surface area contributed by atoms with E-state index in [0.29, 0.717) is 10.7 Å². The Morgan fingerprint density at radius 3 is 2.76 bits per heavy atom. The summed E-state index contributed by atoms with van der Waals surface area (Å²) in [5.41, 5.74) is 6.58. The van der Waals surface area contributed by atoms with Gasteiger partial charge in [0, 0.05) is 11.3 Å². The molecule has 3 nitrogen and oxygen atoms in total. The Labute approximate surface area is 108 Å². The first-order valence-electron chi connectivity index (χ1n) is 6.28. The summed E-state index contributed by atoms with van der Waals surface area (Å²) < 4.78 is 5.30. The number of oxazole rings is 1. The molecular formula is C13H22N2OS. The Bertz CT molecular complexity index is 345. The van der Waals surface area contributed by atoms with E-state index in [1.54, 1.807) is 24.2 Å². The Kier molecular flexibility index (Phi) is 3.83. The third kappa shape index (κ3) is 3.26. The van der Waals surface area contributed by atoms with Crippen molar-refractivity contribution in [2.45, 2.75) is 56.5 Å². The highest BCUT2D eigenvalue weighted by Crippen LogP contribution is 2.42. The summed E-state index contributed by atoms with van der Waals surface area (Å²) >= 11 is 1.70. The van der Waals surface area contributed by atoms with Crippen molar-refractivity contribution < 1.29 is 4.42 Å². The van der Waals surface area contributed by atoms with Crippen molar-refractivity contribution in [3.05, 3.63) is 12.5 Å². The van der Waals surface area contributed by atoms with E-state index in [9.17, 15) is 0 Å². The van der Waals surface area contributed by atoms with Crippen molar-refractivity contribution in [2.24, 2.45) is 17.1 Å². The van der Waals surface area contributed by atoms with E-state index in [1.165, 1.54) is 6.42 Å². The molecule has 4 heteroatoms. The number of nitrogens with two attached hydrogens (primary N) is 1. The van der Waals surface area contributed by atoms with Gasteiger partial charge < -0.3 is 10.2 Å². The zero-order valence-electron chi connectivity index (χ0n) is 10.8. The molecule has 1 aliphatic rings. The van der Waals surface area contributed by atoms with Gasteiger partial charge in [-0.05, 0) is 30.6 Å². The maximum absolute atomic E-state index is 6.21. The van der Waals surface area contributed by atoms with Crippen LogP contribution in [0.2, 0.25) is 0 Å². The number of rotatable bonds is 2. The highest BCUT2D eigenvalue weighted by molar-refractivity contribution is 7.99. The monoisotopic (exact) mass is 254 g/mol. The molecule has 17 heavy (non-hydrogen) atoms. The second kappa shape index (κ2) is 5.02. The van der Waals surface area contributed by atoms with Crippen LogP contribution in [0.5, 0.6) is 0 Å². The standard InChI is InChI=1S/C13H22N2OS/c1-13(2,3)9-4-5-10(14)11(8-9)17-12-15-6-7-16-12/h6-7,9-11H,4-5,8,14H2,1-3H3. The normalized spacial score (nSPS) is 30.5. The number of hydrogen-bond donors (Lipinski definition) is 1. The summed E-state index contributed by atoms with van der Waals surface area (Å²) in [6.07, 6.45) is 6.83. The molecule has 0 bridgehead atoms. The summed E-state index contributed by atoms with van der Waals surface area (Å²) in [4.78, 5) is 4.17. The largest absolute Gasteiger partial charge is 0.440 e. The minimum Gasteiger partial charge on any atom is -0.440 e. The van der Waals surface area contributed by atoms with Gasteiger partial charge in [0.2, 0.25) is 0 Å². The molecule has 1 aromatic heterocycles. The molecule has 1 aromatic rings. The van der Waals surface area contributed by atoms with Gasteiger partial charge in [-0.2, -0.15) is 0 Å². The first kappa shape index (κ1) is 13.0. The topological polar surface area (TPSA) is 52.0 Å². The molecule has 2 rings (SSSR count). The van der Waals surface area contributed by atoms with Crippen LogP contribution in [0.15, 0.2) is 22.1 Å². The lowest BCUT2D eigenvalue weighted by atomic mass is 9.71. The van der Waals surface area contributed by atoms with Gasteiger partial charge in [-0.25, -0.2) is 4.98 Å². The average molecular weight is 254 g/mol. The predicted octanol–water partition coefficient (Wildman–Crippen LogP) is 3.31. The van der Waals surface area contributed by atoms with Crippen molar-refractivity contribution in [3.63, 3.8) is 0 Å². The minimum atomic E-state index is 0.269. The van der Waals surface area contributed by atoms with Crippen molar-refractivity contribution in [2.75, 3.05) is 0 Å². The van der Waals surface area contributed by atoms with Crippen LogP contribution in [0.25, 0.3) is 0 Å². The van der Waals surface area contributed by atoms with Crippen LogP contribution in [-0.2, 0) is 0 Å². The van der Waals surface area contributed by atoms with Crippen molar-refractivity contribution in [1.82, 2.24) is 4.98 Å². The smallest absolute Gasteiger partial charge is 0.255 e. The van der Waals surface area contributed by atoms with Gasteiger partial charge >= 0.3 is 0 Å². The van der Waals surface area contributed by atoms with Crippen LogP contribution in [0.3, 0.4) is 0 Å². The zero-order valence-corrected chi connectivity index (χ0v) is 11.7. The summed E-state index contributed by atoms with van der Waals surface area (Å²) in [6.45, 7) is 6.96. The number of thioether (sulfide) groups is 1. The third-order valence-corrected chi connectivity index (χ3v) is 4.98. The van der Waals surface area contributed by atoms with Crippen molar-refractivity contribution in [1.29, 1.82) is 0 Å². The summed E-state index contributed by atoms with van der Waals surface area (Å²) in [6, 6.07) is 0.269. The average Bonchev–Trinajstić information content (AvgIpc) is 2.72. The fourth-order valence-electron chi connectivity index (χ4n) is 2.47. The highest BCUT2D eigenvalue weighted by atomic mass is 32.2. The second-order valence-corrected chi connectivity index (χ2v) is 7.18. The molecule has 1 heterocycles. The van der Waals surface area contributed by atoms with E-state index in [-0.39, 0.29) is 6.04 Å². The number of nitrogens with zero attached hydrogens (tertiary/aromatic N) is 1. The maximum Gasteiger partial charge on any atom is 0.255 e. The molecule has 0 saturated heterocycles. The zero-order chi connectivity index (χ0) is 12.5. The predicted molar refractivity (Wildman–Crippen MR) is 70.9 cm³/mol. The van der Waals surface area contributed by atoms with Crippen LogP contribution >= 0.6 is 11.8 Å². The fraction of sp³-hybridized carbons (Fsp3) is 0.769. The molecular weight excluding hydrogens is 232 g/mol. The Hall–Kier alpha value is -0.480. The second-order valence-electron chi connectivity index (χ2n) is 5.99. The van der Waals surface area contributed by atoms with Crippen LogP contribution in [-0.4, -0.2) is 16.3 Å². The summed E-state index contributed by atoms with van der Waals surface area (Å²) in [5.74, 6) is 0.745. The summed E-state index contributed by atoms with van der Waals surface area (Å²) in [5, 5.41) is 1.19. The molecule has 0 amide bonds. The third-order valence-electron chi connectivity index (χ3n) is 3.73. The van der Waals surface area contributed by atoms with Crippen LogP contribution in [0, 0.1) is 11.3 Å². The summed E-state index contributed by atoms with van der Waals surface area (Å²) in [7, 11) is 0. The number of aromatic nitrogens is 1. The highest BCUT2D eigenvalue weighted by Gasteiger charge is 2.35. The molecule has 0 spiro atoms. The van der Waals surface area contributed by atoms with Crippen LogP contribution in [0.1, 0.15) is 40.0 Å².